The molecule has 1 aromatic carbocycles. The maximum Gasteiger partial charge on any atom is 0.147 e. The van der Waals surface area contributed by atoms with Gasteiger partial charge in [-0.25, -0.2) is 0 Å². The molecule has 0 amide bonds. The average Bonchev–Trinajstić information content (AvgIpc) is 3.13. The third kappa shape index (κ3) is 2.59. The van der Waals surface area contributed by atoms with E-state index < -0.39 is 8.07 Å². The van der Waals surface area contributed by atoms with Crippen LogP contribution >= 0.6 is 0 Å². The van der Waals surface area contributed by atoms with E-state index in [1.165, 1.54) is 6.42 Å². The lowest BCUT2D eigenvalue weighted by Gasteiger charge is -2.36. The third-order valence-corrected chi connectivity index (χ3v) is 9.94. The van der Waals surface area contributed by atoms with Gasteiger partial charge in [0.05, 0.1) is 13.7 Å². The summed E-state index contributed by atoms with van der Waals surface area (Å²) in [5, 5.41) is 1.55. The quantitative estimate of drug-likeness (QED) is 0.587. The Hall–Kier alpha value is -0.643. The molecule has 1 fully saturated rings. The zero-order valence-corrected chi connectivity index (χ0v) is 14.7. The van der Waals surface area contributed by atoms with Crippen LogP contribution in [-0.2, 0) is 9.47 Å². The zero-order chi connectivity index (χ0) is 15.0. The normalized spacial score (nSPS) is 26.6. The first-order valence-corrected chi connectivity index (χ1v) is 10.5. The molecule has 1 aliphatic carbocycles. The zero-order valence-electron chi connectivity index (χ0n) is 13.7. The lowest BCUT2D eigenvalue weighted by Crippen LogP contribution is -2.46. The predicted octanol–water partition coefficient (Wildman–Crippen LogP) is 3.78. The lowest BCUT2D eigenvalue weighted by molar-refractivity contribution is -0.142. The van der Waals surface area contributed by atoms with Gasteiger partial charge in [-0.3, -0.25) is 0 Å². The molecule has 0 aliphatic heterocycles. The Kier molecular flexibility index (Phi) is 4.16. The molecule has 112 valence electrons. The maximum atomic E-state index is 5.97. The van der Waals surface area contributed by atoms with Gasteiger partial charge in [-0.2, -0.15) is 0 Å². The highest BCUT2D eigenvalue weighted by molar-refractivity contribution is 6.91. The summed E-state index contributed by atoms with van der Waals surface area (Å²) < 4.78 is 11.1. The summed E-state index contributed by atoms with van der Waals surface area (Å²) in [4.78, 5) is 0. The van der Waals surface area contributed by atoms with E-state index in [0.717, 1.165) is 5.54 Å². The van der Waals surface area contributed by atoms with Crippen molar-refractivity contribution >= 4 is 13.3 Å². The monoisotopic (exact) mass is 292 g/mol. The summed E-state index contributed by atoms with van der Waals surface area (Å²) in [6.45, 7) is 12.2. The van der Waals surface area contributed by atoms with E-state index in [0.29, 0.717) is 6.79 Å². The van der Waals surface area contributed by atoms with Crippen molar-refractivity contribution in [1.29, 1.82) is 0 Å². The topological polar surface area (TPSA) is 18.5 Å². The molecule has 3 heteroatoms. The van der Waals surface area contributed by atoms with Crippen molar-refractivity contribution in [1.82, 2.24) is 0 Å². The van der Waals surface area contributed by atoms with Crippen molar-refractivity contribution in [3.63, 3.8) is 0 Å². The smallest absolute Gasteiger partial charge is 0.147 e. The van der Waals surface area contributed by atoms with Crippen molar-refractivity contribution in [2.75, 3.05) is 13.9 Å². The SMILES string of the molecule is COCOC(C)(C)[C@@]1(C)C[C@@H]1[Si](C)(C)c1ccccc1. The molecule has 0 radical (unpaired) electrons. The summed E-state index contributed by atoms with van der Waals surface area (Å²) in [6, 6.07) is 11.0. The Morgan fingerprint density at radius 3 is 2.40 bits per heavy atom. The van der Waals surface area contributed by atoms with E-state index in [1.807, 2.05) is 0 Å². The third-order valence-electron chi connectivity index (χ3n) is 5.54. The van der Waals surface area contributed by atoms with Crippen LogP contribution in [0.2, 0.25) is 18.6 Å². The van der Waals surface area contributed by atoms with Crippen LogP contribution < -0.4 is 5.19 Å². The van der Waals surface area contributed by atoms with Crippen LogP contribution in [-0.4, -0.2) is 27.6 Å². The van der Waals surface area contributed by atoms with Crippen molar-refractivity contribution in [3.05, 3.63) is 30.3 Å². The standard InChI is InChI=1S/C17H28O2Si/c1-16(2,19-13-18-4)17(3)12-15(17)20(5,6)14-10-8-7-9-11-14/h7-11,15H,12-13H2,1-6H3/t15-,17-/m0/s1. The average molecular weight is 292 g/mol. The van der Waals surface area contributed by atoms with E-state index in [2.05, 4.69) is 64.2 Å². The molecule has 0 bridgehead atoms. The summed E-state index contributed by atoms with van der Waals surface area (Å²) in [6.07, 6.45) is 1.26. The van der Waals surface area contributed by atoms with Crippen molar-refractivity contribution in [2.45, 2.75) is 51.4 Å². The Morgan fingerprint density at radius 1 is 1.25 bits per heavy atom. The van der Waals surface area contributed by atoms with Gasteiger partial charge in [-0.05, 0) is 31.2 Å². The van der Waals surface area contributed by atoms with Crippen LogP contribution in [0.5, 0.6) is 0 Å². The van der Waals surface area contributed by atoms with E-state index in [1.54, 1.807) is 12.3 Å². The minimum atomic E-state index is -1.45. The van der Waals surface area contributed by atoms with Gasteiger partial charge in [-0.15, -0.1) is 0 Å². The molecule has 2 nitrogen and oxygen atoms in total. The highest BCUT2D eigenvalue weighted by atomic mass is 28.3. The molecule has 0 unspecified atom stereocenters. The molecule has 1 aromatic rings. The maximum absolute atomic E-state index is 5.97. The second kappa shape index (κ2) is 5.28. The van der Waals surface area contributed by atoms with Gasteiger partial charge < -0.3 is 9.47 Å². The van der Waals surface area contributed by atoms with Gasteiger partial charge in [0.2, 0.25) is 0 Å². The predicted molar refractivity (Wildman–Crippen MR) is 87.1 cm³/mol. The van der Waals surface area contributed by atoms with Gasteiger partial charge in [0, 0.05) is 7.11 Å². The molecule has 0 aromatic heterocycles. The largest absolute Gasteiger partial charge is 0.359 e. The number of hydrogen-bond acceptors (Lipinski definition) is 2. The molecular formula is C17H28O2Si. The molecule has 1 aliphatic rings. The molecule has 0 spiro atoms. The van der Waals surface area contributed by atoms with Crippen LogP contribution in [0.1, 0.15) is 27.2 Å². The molecule has 1 saturated carbocycles. The molecule has 20 heavy (non-hydrogen) atoms. The molecular weight excluding hydrogens is 264 g/mol. The molecule has 2 atom stereocenters. The molecule has 0 saturated heterocycles. The number of methoxy groups -OCH3 is 1. The second-order valence-electron chi connectivity index (χ2n) is 7.32. The van der Waals surface area contributed by atoms with Gasteiger partial charge >= 0.3 is 0 Å². The fourth-order valence-corrected chi connectivity index (χ4v) is 7.85. The van der Waals surface area contributed by atoms with E-state index in [4.69, 9.17) is 9.47 Å². The van der Waals surface area contributed by atoms with E-state index >= 15 is 0 Å². The van der Waals surface area contributed by atoms with Gasteiger partial charge in [0.15, 0.2) is 0 Å². The van der Waals surface area contributed by atoms with Crippen molar-refractivity contribution in [2.24, 2.45) is 5.41 Å². The summed E-state index contributed by atoms with van der Waals surface area (Å²) in [5.41, 5.74) is 0.897. The van der Waals surface area contributed by atoms with E-state index in [9.17, 15) is 0 Å². The molecule has 0 heterocycles. The van der Waals surface area contributed by atoms with Gasteiger partial charge in [-0.1, -0.05) is 55.5 Å². The highest BCUT2D eigenvalue weighted by Gasteiger charge is 2.65. The Bertz CT molecular complexity index is 455. The minimum Gasteiger partial charge on any atom is -0.359 e. The van der Waals surface area contributed by atoms with Crippen LogP contribution in [0.15, 0.2) is 30.3 Å². The molecule has 2 rings (SSSR count). The fourth-order valence-electron chi connectivity index (χ4n) is 3.52. The van der Waals surface area contributed by atoms with Crippen molar-refractivity contribution < 1.29 is 9.47 Å². The highest BCUT2D eigenvalue weighted by Crippen LogP contribution is 2.68. The summed E-state index contributed by atoms with van der Waals surface area (Å²) in [5.74, 6) is 0. The van der Waals surface area contributed by atoms with Crippen LogP contribution in [0.4, 0.5) is 0 Å². The van der Waals surface area contributed by atoms with Crippen LogP contribution in [0.25, 0.3) is 0 Å². The second-order valence-corrected chi connectivity index (χ2v) is 12.0. The number of ether oxygens (including phenoxy) is 2. The van der Waals surface area contributed by atoms with E-state index in [-0.39, 0.29) is 11.0 Å². The first-order valence-electron chi connectivity index (χ1n) is 7.44. The summed E-state index contributed by atoms with van der Waals surface area (Å²) >= 11 is 0. The number of rotatable bonds is 6. The Morgan fingerprint density at radius 2 is 1.85 bits per heavy atom. The fraction of sp³-hybridized carbons (Fsp3) is 0.647. The Labute approximate surface area is 124 Å². The summed E-state index contributed by atoms with van der Waals surface area (Å²) in [7, 11) is 0.235. The van der Waals surface area contributed by atoms with Crippen LogP contribution in [0, 0.1) is 5.41 Å². The number of hydrogen-bond donors (Lipinski definition) is 0. The van der Waals surface area contributed by atoms with Gasteiger partial charge in [0.25, 0.3) is 0 Å². The minimum absolute atomic E-state index is 0.132. The molecule has 0 N–H and O–H groups in total. The first kappa shape index (κ1) is 15.7. The first-order chi connectivity index (χ1) is 9.25. The lowest BCUT2D eigenvalue weighted by atomic mass is 9.89. The van der Waals surface area contributed by atoms with Gasteiger partial charge in [0.1, 0.15) is 6.79 Å². The Balaban J connectivity index is 2.17. The van der Waals surface area contributed by atoms with Crippen LogP contribution in [0.3, 0.4) is 0 Å². The van der Waals surface area contributed by atoms with Crippen molar-refractivity contribution in [3.8, 4) is 0 Å². The number of benzene rings is 1.